The molecule has 0 atom stereocenters. The minimum absolute atomic E-state index is 0.618. The number of nitrogens with one attached hydrogen (secondary N) is 2. The molecule has 0 saturated heterocycles. The van der Waals surface area contributed by atoms with Gasteiger partial charge in [0.25, 0.3) is 0 Å². The Balaban J connectivity index is 2.38. The first-order chi connectivity index (χ1) is 9.80. The summed E-state index contributed by atoms with van der Waals surface area (Å²) in [6.45, 7) is 4.80. The molecule has 0 saturated carbocycles. The van der Waals surface area contributed by atoms with Crippen LogP contribution in [0, 0.1) is 0 Å². The monoisotopic (exact) mass is 280 g/mol. The second-order valence-electron chi connectivity index (χ2n) is 4.13. The minimum Gasteiger partial charge on any atom is -0.478 e. The van der Waals surface area contributed by atoms with Crippen molar-refractivity contribution in [2.45, 2.75) is 19.9 Å². The maximum atomic E-state index is 5.37. The number of ether oxygens (including phenoxy) is 2. The number of rotatable bonds is 8. The Kier molecular flexibility index (Phi) is 8.14. The quantitative estimate of drug-likeness (QED) is 0.425. The van der Waals surface area contributed by atoms with E-state index >= 15 is 0 Å². The van der Waals surface area contributed by atoms with Crippen molar-refractivity contribution < 1.29 is 9.47 Å². The van der Waals surface area contributed by atoms with Gasteiger partial charge in [0, 0.05) is 46.1 Å². The fourth-order valence-corrected chi connectivity index (χ4v) is 1.62. The minimum atomic E-state index is 0.618. The Hall–Kier alpha value is -1.82. The molecule has 0 aliphatic heterocycles. The Bertz CT molecular complexity index is 410. The molecule has 0 spiro atoms. The first-order valence-corrected chi connectivity index (χ1v) is 6.81. The zero-order valence-electron chi connectivity index (χ0n) is 12.5. The van der Waals surface area contributed by atoms with Gasteiger partial charge in [0.15, 0.2) is 5.96 Å². The number of hydrogen-bond donors (Lipinski definition) is 2. The van der Waals surface area contributed by atoms with Crippen molar-refractivity contribution in [3.63, 3.8) is 0 Å². The van der Waals surface area contributed by atoms with Gasteiger partial charge in [0.05, 0.1) is 6.61 Å². The summed E-state index contributed by atoms with van der Waals surface area (Å²) in [6.07, 6.45) is 2.69. The Morgan fingerprint density at radius 3 is 2.95 bits per heavy atom. The standard InChI is InChI=1S/C14H24N4O2/c1-4-20-13-10-12(6-8-16-13)11-18-14(15-2)17-7-5-9-19-3/h6,8,10H,4-5,7,9,11H2,1-3H3,(H2,15,17,18). The zero-order chi connectivity index (χ0) is 14.6. The molecule has 0 aliphatic rings. The maximum Gasteiger partial charge on any atom is 0.213 e. The smallest absolute Gasteiger partial charge is 0.213 e. The second kappa shape index (κ2) is 10.0. The van der Waals surface area contributed by atoms with Crippen molar-refractivity contribution in [1.29, 1.82) is 0 Å². The number of methoxy groups -OCH3 is 1. The van der Waals surface area contributed by atoms with Crippen molar-refractivity contribution >= 4 is 5.96 Å². The van der Waals surface area contributed by atoms with E-state index in [2.05, 4.69) is 20.6 Å². The van der Waals surface area contributed by atoms with Crippen LogP contribution >= 0.6 is 0 Å². The summed E-state index contributed by atoms with van der Waals surface area (Å²) in [6, 6.07) is 3.88. The third kappa shape index (κ3) is 6.38. The van der Waals surface area contributed by atoms with E-state index in [0.29, 0.717) is 19.0 Å². The van der Waals surface area contributed by atoms with Gasteiger partial charge in [-0.2, -0.15) is 0 Å². The molecule has 112 valence electrons. The molecule has 1 heterocycles. The van der Waals surface area contributed by atoms with Gasteiger partial charge >= 0.3 is 0 Å². The number of pyridine rings is 1. The normalized spacial score (nSPS) is 11.2. The molecule has 0 unspecified atom stereocenters. The number of aromatic nitrogens is 1. The van der Waals surface area contributed by atoms with E-state index in [1.807, 2.05) is 19.1 Å². The van der Waals surface area contributed by atoms with Gasteiger partial charge in [-0.25, -0.2) is 4.98 Å². The summed E-state index contributed by atoms with van der Waals surface area (Å²) < 4.78 is 10.4. The first kappa shape index (κ1) is 16.2. The van der Waals surface area contributed by atoms with Crippen molar-refractivity contribution in [1.82, 2.24) is 15.6 Å². The predicted molar refractivity (Wildman–Crippen MR) is 80.1 cm³/mol. The van der Waals surface area contributed by atoms with Crippen LogP contribution in [0.15, 0.2) is 23.3 Å². The predicted octanol–water partition coefficient (Wildman–Crippen LogP) is 1.18. The molecular weight excluding hydrogens is 256 g/mol. The lowest BCUT2D eigenvalue weighted by Gasteiger charge is -2.12. The lowest BCUT2D eigenvalue weighted by Crippen LogP contribution is -2.37. The second-order valence-corrected chi connectivity index (χ2v) is 4.13. The highest BCUT2D eigenvalue weighted by molar-refractivity contribution is 5.79. The molecule has 0 aromatic carbocycles. The van der Waals surface area contributed by atoms with E-state index in [-0.39, 0.29) is 0 Å². The van der Waals surface area contributed by atoms with Crippen molar-refractivity contribution in [3.05, 3.63) is 23.9 Å². The molecule has 6 nitrogen and oxygen atoms in total. The highest BCUT2D eigenvalue weighted by Gasteiger charge is 2.00. The van der Waals surface area contributed by atoms with Crippen LogP contribution < -0.4 is 15.4 Å². The molecular formula is C14H24N4O2. The molecule has 1 aromatic rings. The van der Waals surface area contributed by atoms with Gasteiger partial charge < -0.3 is 20.1 Å². The van der Waals surface area contributed by atoms with Crippen LogP contribution in [0.4, 0.5) is 0 Å². The van der Waals surface area contributed by atoms with Crippen LogP contribution in [0.2, 0.25) is 0 Å². The van der Waals surface area contributed by atoms with Crippen LogP contribution in [-0.2, 0) is 11.3 Å². The summed E-state index contributed by atoms with van der Waals surface area (Å²) in [4.78, 5) is 8.30. The third-order valence-corrected chi connectivity index (χ3v) is 2.59. The summed E-state index contributed by atoms with van der Waals surface area (Å²) >= 11 is 0. The molecule has 1 rings (SSSR count). The fourth-order valence-electron chi connectivity index (χ4n) is 1.62. The SMILES string of the molecule is CCOc1cc(CNC(=NC)NCCCOC)ccn1. The van der Waals surface area contributed by atoms with Gasteiger partial charge in [-0.15, -0.1) is 0 Å². The van der Waals surface area contributed by atoms with Gasteiger partial charge in [-0.1, -0.05) is 0 Å². The average molecular weight is 280 g/mol. The van der Waals surface area contributed by atoms with E-state index in [4.69, 9.17) is 9.47 Å². The number of nitrogens with zero attached hydrogens (tertiary/aromatic N) is 2. The van der Waals surface area contributed by atoms with Gasteiger partial charge in [0.2, 0.25) is 5.88 Å². The molecule has 0 amide bonds. The van der Waals surface area contributed by atoms with Crippen LogP contribution in [0.25, 0.3) is 0 Å². The van der Waals surface area contributed by atoms with Gasteiger partial charge in [-0.05, 0) is 25.0 Å². The molecule has 0 bridgehead atoms. The Labute approximate surface area is 120 Å². The third-order valence-electron chi connectivity index (χ3n) is 2.59. The average Bonchev–Trinajstić information content (AvgIpc) is 2.47. The molecule has 0 radical (unpaired) electrons. The van der Waals surface area contributed by atoms with Crippen molar-refractivity contribution in [2.24, 2.45) is 4.99 Å². The van der Waals surface area contributed by atoms with E-state index in [9.17, 15) is 0 Å². The first-order valence-electron chi connectivity index (χ1n) is 6.81. The number of aliphatic imine (C=N–C) groups is 1. The van der Waals surface area contributed by atoms with E-state index in [1.165, 1.54) is 0 Å². The van der Waals surface area contributed by atoms with E-state index in [1.54, 1.807) is 20.4 Å². The summed E-state index contributed by atoms with van der Waals surface area (Å²) in [5.41, 5.74) is 1.10. The highest BCUT2D eigenvalue weighted by atomic mass is 16.5. The van der Waals surface area contributed by atoms with Gasteiger partial charge in [-0.3, -0.25) is 4.99 Å². The molecule has 6 heteroatoms. The van der Waals surface area contributed by atoms with Crippen molar-refractivity contribution in [2.75, 3.05) is 33.9 Å². The van der Waals surface area contributed by atoms with Crippen molar-refractivity contribution in [3.8, 4) is 5.88 Å². The lowest BCUT2D eigenvalue weighted by molar-refractivity contribution is 0.195. The van der Waals surface area contributed by atoms with Crippen LogP contribution in [-0.4, -0.2) is 44.9 Å². The van der Waals surface area contributed by atoms with Crippen LogP contribution in [0.5, 0.6) is 5.88 Å². The topological polar surface area (TPSA) is 67.8 Å². The lowest BCUT2D eigenvalue weighted by atomic mass is 10.2. The van der Waals surface area contributed by atoms with Crippen LogP contribution in [0.1, 0.15) is 18.9 Å². The van der Waals surface area contributed by atoms with Gasteiger partial charge in [0.1, 0.15) is 0 Å². The Morgan fingerprint density at radius 2 is 2.25 bits per heavy atom. The molecule has 20 heavy (non-hydrogen) atoms. The molecule has 1 aromatic heterocycles. The summed E-state index contributed by atoms with van der Waals surface area (Å²) in [5, 5.41) is 6.47. The summed E-state index contributed by atoms with van der Waals surface area (Å²) in [7, 11) is 3.45. The van der Waals surface area contributed by atoms with E-state index < -0.39 is 0 Å². The molecule has 2 N–H and O–H groups in total. The maximum absolute atomic E-state index is 5.37. The fraction of sp³-hybridized carbons (Fsp3) is 0.571. The highest BCUT2D eigenvalue weighted by Crippen LogP contribution is 2.08. The summed E-state index contributed by atoms with van der Waals surface area (Å²) in [5.74, 6) is 1.42. The Morgan fingerprint density at radius 1 is 1.40 bits per heavy atom. The van der Waals surface area contributed by atoms with Crippen LogP contribution in [0.3, 0.4) is 0 Å². The molecule has 0 aliphatic carbocycles. The number of hydrogen-bond acceptors (Lipinski definition) is 4. The van der Waals surface area contributed by atoms with E-state index in [0.717, 1.165) is 31.1 Å². The molecule has 0 fully saturated rings. The number of guanidine groups is 1. The largest absolute Gasteiger partial charge is 0.478 e. The zero-order valence-corrected chi connectivity index (χ0v) is 12.5.